The minimum Gasteiger partial charge on any atom is -0.493 e. The van der Waals surface area contributed by atoms with E-state index >= 15 is 0 Å². The molecule has 0 unspecified atom stereocenters. The number of hydrogen-bond donors (Lipinski definition) is 0. The highest BCUT2D eigenvalue weighted by Crippen LogP contribution is 2.27. The smallest absolute Gasteiger partial charge is 0.309 e. The standard InChI is InChI=1S/C25H30ClNO5/c1-4-30-23-9-6-19(15-20(23)16-32-21-7-8-22(26)17(3)14-21)24(28)27-12-10-18(11-13-27)25(29)31-5-2/h6-9,14-15,18H,4-5,10-13,16H2,1-3H3. The van der Waals surface area contributed by atoms with Crippen molar-refractivity contribution < 1.29 is 23.8 Å². The quantitative estimate of drug-likeness (QED) is 0.517. The van der Waals surface area contributed by atoms with E-state index in [-0.39, 0.29) is 24.4 Å². The SMILES string of the molecule is CCOC(=O)C1CCN(C(=O)c2ccc(OCC)c(COc3ccc(Cl)c(C)c3)c2)CC1. The molecule has 0 aliphatic carbocycles. The molecule has 0 spiro atoms. The third-order valence-corrected chi connectivity index (χ3v) is 5.96. The van der Waals surface area contributed by atoms with Gasteiger partial charge in [-0.1, -0.05) is 11.6 Å². The number of carbonyl (C=O) groups is 2. The fraction of sp³-hybridized carbons (Fsp3) is 0.440. The van der Waals surface area contributed by atoms with Gasteiger partial charge in [0.15, 0.2) is 0 Å². The maximum atomic E-state index is 13.1. The van der Waals surface area contributed by atoms with Gasteiger partial charge in [-0.05, 0) is 75.6 Å². The van der Waals surface area contributed by atoms with Crippen LogP contribution in [0.1, 0.15) is 48.2 Å². The van der Waals surface area contributed by atoms with Gasteiger partial charge in [0, 0.05) is 29.2 Å². The molecular weight excluding hydrogens is 430 g/mol. The summed E-state index contributed by atoms with van der Waals surface area (Å²) < 4.78 is 16.8. The molecule has 1 amide bonds. The molecule has 1 aliphatic rings. The summed E-state index contributed by atoms with van der Waals surface area (Å²) >= 11 is 6.09. The van der Waals surface area contributed by atoms with Gasteiger partial charge in [-0.15, -0.1) is 0 Å². The highest BCUT2D eigenvalue weighted by molar-refractivity contribution is 6.31. The Bertz CT molecular complexity index is 953. The Morgan fingerprint density at radius 3 is 2.44 bits per heavy atom. The molecule has 0 bridgehead atoms. The first-order valence-electron chi connectivity index (χ1n) is 11.0. The van der Waals surface area contributed by atoms with Crippen LogP contribution in [0, 0.1) is 12.8 Å². The van der Waals surface area contributed by atoms with Crippen LogP contribution in [0.15, 0.2) is 36.4 Å². The molecule has 6 nitrogen and oxygen atoms in total. The Kier molecular flexibility index (Phi) is 8.39. The molecule has 0 N–H and O–H groups in total. The second kappa shape index (κ2) is 11.2. The van der Waals surface area contributed by atoms with Crippen LogP contribution in [-0.2, 0) is 16.1 Å². The second-order valence-corrected chi connectivity index (χ2v) is 8.18. The first-order chi connectivity index (χ1) is 15.4. The summed E-state index contributed by atoms with van der Waals surface area (Å²) in [6.45, 7) is 7.87. The molecule has 2 aromatic carbocycles. The molecule has 0 radical (unpaired) electrons. The molecule has 1 saturated heterocycles. The minimum absolute atomic E-state index is 0.0565. The average molecular weight is 460 g/mol. The third-order valence-electron chi connectivity index (χ3n) is 5.53. The van der Waals surface area contributed by atoms with Gasteiger partial charge in [-0.25, -0.2) is 0 Å². The normalized spacial score (nSPS) is 14.2. The van der Waals surface area contributed by atoms with Crippen LogP contribution in [0.25, 0.3) is 0 Å². The molecule has 0 aromatic heterocycles. The zero-order valence-corrected chi connectivity index (χ0v) is 19.6. The number of nitrogens with zero attached hydrogens (tertiary/aromatic N) is 1. The Morgan fingerprint density at radius 1 is 1.03 bits per heavy atom. The van der Waals surface area contributed by atoms with Crippen molar-refractivity contribution in [1.29, 1.82) is 0 Å². The minimum atomic E-state index is -0.169. The highest BCUT2D eigenvalue weighted by Gasteiger charge is 2.29. The lowest BCUT2D eigenvalue weighted by Crippen LogP contribution is -2.40. The van der Waals surface area contributed by atoms with Gasteiger partial charge in [-0.3, -0.25) is 9.59 Å². The molecule has 2 aromatic rings. The molecule has 1 heterocycles. The van der Waals surface area contributed by atoms with Crippen LogP contribution in [0.4, 0.5) is 0 Å². The van der Waals surface area contributed by atoms with E-state index in [0.29, 0.717) is 61.2 Å². The fourth-order valence-corrected chi connectivity index (χ4v) is 3.87. The van der Waals surface area contributed by atoms with Crippen LogP contribution in [-0.4, -0.2) is 43.1 Å². The van der Waals surface area contributed by atoms with Gasteiger partial charge in [0.2, 0.25) is 0 Å². The molecule has 0 atom stereocenters. The summed E-state index contributed by atoms with van der Waals surface area (Å²) in [5.41, 5.74) is 2.31. The van der Waals surface area contributed by atoms with Gasteiger partial charge in [-0.2, -0.15) is 0 Å². The van der Waals surface area contributed by atoms with Gasteiger partial charge >= 0.3 is 5.97 Å². The topological polar surface area (TPSA) is 65.1 Å². The lowest BCUT2D eigenvalue weighted by molar-refractivity contribution is -0.149. The molecule has 0 saturated carbocycles. The van der Waals surface area contributed by atoms with E-state index in [4.69, 9.17) is 25.8 Å². The molecular formula is C25H30ClNO5. The van der Waals surface area contributed by atoms with Crippen molar-refractivity contribution >= 4 is 23.5 Å². The number of ether oxygens (including phenoxy) is 3. The number of aryl methyl sites for hydroxylation is 1. The average Bonchev–Trinajstić information content (AvgIpc) is 2.80. The van der Waals surface area contributed by atoms with Crippen LogP contribution in [0.2, 0.25) is 5.02 Å². The summed E-state index contributed by atoms with van der Waals surface area (Å²) in [5.74, 6) is 1.03. The molecule has 1 aliphatic heterocycles. The van der Waals surface area contributed by atoms with Crippen molar-refractivity contribution in [3.63, 3.8) is 0 Å². The number of likely N-dealkylation sites (tertiary alicyclic amines) is 1. The van der Waals surface area contributed by atoms with Crippen molar-refractivity contribution in [2.75, 3.05) is 26.3 Å². The molecule has 3 rings (SSSR count). The van der Waals surface area contributed by atoms with E-state index in [1.807, 2.05) is 38.1 Å². The highest BCUT2D eigenvalue weighted by atomic mass is 35.5. The molecule has 1 fully saturated rings. The number of carbonyl (C=O) groups excluding carboxylic acids is 2. The number of amides is 1. The zero-order valence-electron chi connectivity index (χ0n) is 18.9. The van der Waals surface area contributed by atoms with Crippen LogP contribution in [0.5, 0.6) is 11.5 Å². The Hall–Kier alpha value is -2.73. The first-order valence-corrected chi connectivity index (χ1v) is 11.4. The molecule has 172 valence electrons. The van der Waals surface area contributed by atoms with Crippen LogP contribution >= 0.6 is 11.6 Å². The number of halogens is 1. The lowest BCUT2D eigenvalue weighted by atomic mass is 9.96. The number of piperidine rings is 1. The largest absolute Gasteiger partial charge is 0.493 e. The zero-order chi connectivity index (χ0) is 23.1. The predicted octanol–water partition coefficient (Wildman–Crippen LogP) is 5.04. The van der Waals surface area contributed by atoms with Gasteiger partial charge in [0.25, 0.3) is 5.91 Å². The van der Waals surface area contributed by atoms with Crippen molar-refractivity contribution in [3.05, 3.63) is 58.1 Å². The first kappa shape index (κ1) is 23.9. The van der Waals surface area contributed by atoms with Crippen LogP contribution < -0.4 is 9.47 Å². The maximum Gasteiger partial charge on any atom is 0.309 e. The third kappa shape index (κ3) is 5.94. The summed E-state index contributed by atoms with van der Waals surface area (Å²) in [5, 5.41) is 0.687. The number of benzene rings is 2. The molecule has 32 heavy (non-hydrogen) atoms. The van der Waals surface area contributed by atoms with Gasteiger partial charge in [0.05, 0.1) is 19.1 Å². The van der Waals surface area contributed by atoms with E-state index in [0.717, 1.165) is 11.1 Å². The maximum absolute atomic E-state index is 13.1. The van der Waals surface area contributed by atoms with Crippen molar-refractivity contribution in [2.24, 2.45) is 5.92 Å². The van der Waals surface area contributed by atoms with E-state index in [2.05, 4.69) is 0 Å². The number of rotatable bonds is 8. The lowest BCUT2D eigenvalue weighted by Gasteiger charge is -2.31. The molecule has 7 heteroatoms. The fourth-order valence-electron chi connectivity index (χ4n) is 3.75. The Morgan fingerprint density at radius 2 is 1.78 bits per heavy atom. The van der Waals surface area contributed by atoms with E-state index < -0.39 is 0 Å². The monoisotopic (exact) mass is 459 g/mol. The van der Waals surface area contributed by atoms with E-state index in [1.165, 1.54) is 0 Å². The van der Waals surface area contributed by atoms with Crippen molar-refractivity contribution in [3.8, 4) is 11.5 Å². The van der Waals surface area contributed by atoms with E-state index in [9.17, 15) is 9.59 Å². The number of hydrogen-bond acceptors (Lipinski definition) is 5. The van der Waals surface area contributed by atoms with E-state index in [1.54, 1.807) is 24.0 Å². The Balaban J connectivity index is 1.69. The van der Waals surface area contributed by atoms with Gasteiger partial charge in [0.1, 0.15) is 18.1 Å². The summed E-state index contributed by atoms with van der Waals surface area (Å²) in [6.07, 6.45) is 1.24. The summed E-state index contributed by atoms with van der Waals surface area (Å²) in [7, 11) is 0. The second-order valence-electron chi connectivity index (χ2n) is 7.77. The number of esters is 1. The summed E-state index contributed by atoms with van der Waals surface area (Å²) in [4.78, 5) is 26.8. The predicted molar refractivity (Wildman–Crippen MR) is 123 cm³/mol. The van der Waals surface area contributed by atoms with Crippen molar-refractivity contribution in [1.82, 2.24) is 4.90 Å². The van der Waals surface area contributed by atoms with Gasteiger partial charge < -0.3 is 19.1 Å². The Labute approximate surface area is 194 Å². The summed E-state index contributed by atoms with van der Waals surface area (Å²) in [6, 6.07) is 10.9. The van der Waals surface area contributed by atoms with Crippen LogP contribution in [0.3, 0.4) is 0 Å². The van der Waals surface area contributed by atoms with Crippen molar-refractivity contribution in [2.45, 2.75) is 40.2 Å².